The van der Waals surface area contributed by atoms with Crippen LogP contribution in [-0.2, 0) is 10.0 Å². The van der Waals surface area contributed by atoms with E-state index in [0.717, 1.165) is 6.54 Å². The molecule has 0 aromatic rings. The van der Waals surface area contributed by atoms with E-state index in [-0.39, 0.29) is 43.1 Å². The maximum absolute atomic E-state index is 12.5. The van der Waals surface area contributed by atoms with Crippen LogP contribution in [0.15, 0.2) is 4.99 Å². The number of halogens is 4. The van der Waals surface area contributed by atoms with Crippen LogP contribution < -0.4 is 10.6 Å². The fraction of sp³-hybridized carbons (Fsp3) is 0.917. The Hall–Kier alpha value is -0.300. The molecule has 1 aliphatic heterocycles. The second-order valence-corrected chi connectivity index (χ2v) is 7.59. The summed E-state index contributed by atoms with van der Waals surface area (Å²) in [6, 6.07) is -0.0786. The van der Waals surface area contributed by atoms with Crippen molar-refractivity contribution >= 4 is 40.0 Å². The van der Waals surface area contributed by atoms with Gasteiger partial charge in [-0.15, -0.1) is 24.0 Å². The van der Waals surface area contributed by atoms with Crippen molar-refractivity contribution in [2.75, 3.05) is 26.7 Å². The molecular weight excluding hydrogens is 448 g/mol. The number of piperidine rings is 1. The van der Waals surface area contributed by atoms with Gasteiger partial charge in [0.2, 0.25) is 0 Å². The number of hydrogen-bond donors (Lipinski definition) is 2. The highest BCUT2D eigenvalue weighted by atomic mass is 127. The third-order valence-electron chi connectivity index (χ3n) is 3.91. The number of nitrogens with zero attached hydrogens (tertiary/aromatic N) is 2. The molecule has 1 aliphatic carbocycles. The summed E-state index contributed by atoms with van der Waals surface area (Å²) in [5.74, 6) is 1.29. The van der Waals surface area contributed by atoms with Crippen LogP contribution in [0.1, 0.15) is 25.7 Å². The van der Waals surface area contributed by atoms with E-state index in [0.29, 0.717) is 29.0 Å². The fourth-order valence-corrected chi connectivity index (χ4v) is 3.32. The van der Waals surface area contributed by atoms with Crippen LogP contribution in [0.4, 0.5) is 13.2 Å². The van der Waals surface area contributed by atoms with Gasteiger partial charge < -0.3 is 10.6 Å². The average molecular weight is 470 g/mol. The highest BCUT2D eigenvalue weighted by Gasteiger charge is 2.50. The number of hydrogen-bond acceptors (Lipinski definition) is 3. The molecule has 2 rings (SSSR count). The molecule has 0 atom stereocenters. The van der Waals surface area contributed by atoms with Crippen molar-refractivity contribution in [1.29, 1.82) is 0 Å². The zero-order valence-corrected chi connectivity index (χ0v) is 15.9. The summed E-state index contributed by atoms with van der Waals surface area (Å²) >= 11 is 0. The minimum atomic E-state index is -5.23. The van der Waals surface area contributed by atoms with Gasteiger partial charge in [0.25, 0.3) is 0 Å². The van der Waals surface area contributed by atoms with Crippen molar-refractivity contribution in [1.82, 2.24) is 14.9 Å². The molecule has 0 bridgehead atoms. The van der Waals surface area contributed by atoms with Gasteiger partial charge in [0.05, 0.1) is 0 Å². The Morgan fingerprint density at radius 1 is 1.22 bits per heavy atom. The third kappa shape index (κ3) is 5.62. The largest absolute Gasteiger partial charge is 0.511 e. The molecule has 0 unspecified atom stereocenters. The molecule has 2 aliphatic rings. The van der Waals surface area contributed by atoms with Crippen molar-refractivity contribution in [3.63, 3.8) is 0 Å². The summed E-state index contributed by atoms with van der Waals surface area (Å²) in [6.45, 7) is 0.555. The lowest BCUT2D eigenvalue weighted by atomic mass is 10.1. The second-order valence-electron chi connectivity index (χ2n) is 5.66. The second kappa shape index (κ2) is 8.19. The molecule has 0 spiro atoms. The number of alkyl halides is 3. The van der Waals surface area contributed by atoms with Gasteiger partial charge in [-0.25, -0.2) is 8.42 Å². The van der Waals surface area contributed by atoms with E-state index in [1.165, 1.54) is 12.8 Å². The lowest BCUT2D eigenvalue weighted by Crippen LogP contribution is -2.51. The minimum absolute atomic E-state index is 0. The van der Waals surface area contributed by atoms with E-state index in [1.54, 1.807) is 7.05 Å². The molecule has 6 nitrogen and oxygen atoms in total. The Morgan fingerprint density at radius 2 is 1.78 bits per heavy atom. The average Bonchev–Trinajstić information content (AvgIpc) is 3.27. The molecule has 2 fully saturated rings. The number of nitrogens with one attached hydrogen (secondary N) is 2. The first-order valence-electron chi connectivity index (χ1n) is 7.27. The van der Waals surface area contributed by atoms with Crippen LogP contribution in [0.25, 0.3) is 0 Å². The van der Waals surface area contributed by atoms with E-state index in [1.807, 2.05) is 0 Å². The van der Waals surface area contributed by atoms with E-state index in [9.17, 15) is 21.6 Å². The number of sulfonamides is 1. The Morgan fingerprint density at radius 3 is 2.22 bits per heavy atom. The maximum Gasteiger partial charge on any atom is 0.511 e. The quantitative estimate of drug-likeness (QED) is 0.371. The van der Waals surface area contributed by atoms with Crippen molar-refractivity contribution in [2.24, 2.45) is 10.9 Å². The monoisotopic (exact) mass is 470 g/mol. The lowest BCUT2D eigenvalue weighted by Gasteiger charge is -2.32. The summed E-state index contributed by atoms with van der Waals surface area (Å²) in [4.78, 5) is 4.07. The van der Waals surface area contributed by atoms with Gasteiger partial charge in [0.1, 0.15) is 0 Å². The van der Waals surface area contributed by atoms with Crippen molar-refractivity contribution < 1.29 is 21.6 Å². The van der Waals surface area contributed by atoms with Crippen LogP contribution in [0.5, 0.6) is 0 Å². The van der Waals surface area contributed by atoms with Gasteiger partial charge >= 0.3 is 15.5 Å². The van der Waals surface area contributed by atoms with Gasteiger partial charge in [0, 0.05) is 32.7 Å². The van der Waals surface area contributed by atoms with Crippen molar-refractivity contribution in [3.05, 3.63) is 0 Å². The summed E-state index contributed by atoms with van der Waals surface area (Å²) < 4.78 is 60.6. The van der Waals surface area contributed by atoms with Gasteiger partial charge in [-0.1, -0.05) is 0 Å². The van der Waals surface area contributed by atoms with E-state index >= 15 is 0 Å². The Labute approximate surface area is 151 Å². The standard InChI is InChI=1S/C12H21F3N4O2S.HI/c1-16-11(17-8-9-2-3-9)18-10-4-6-19(7-5-10)22(20,21)12(13,14)15;/h9-10H,2-8H2,1H3,(H2,16,17,18);1H. The molecule has 23 heavy (non-hydrogen) atoms. The van der Waals surface area contributed by atoms with Crippen LogP contribution in [0, 0.1) is 5.92 Å². The zero-order valence-electron chi connectivity index (χ0n) is 12.8. The molecule has 0 radical (unpaired) electrons. The summed E-state index contributed by atoms with van der Waals surface area (Å²) in [6.07, 6.45) is 3.05. The predicted octanol–water partition coefficient (Wildman–Crippen LogP) is 1.49. The van der Waals surface area contributed by atoms with Crippen LogP contribution in [-0.4, -0.2) is 56.9 Å². The lowest BCUT2D eigenvalue weighted by molar-refractivity contribution is -0.0494. The van der Waals surface area contributed by atoms with Gasteiger partial charge in [-0.05, 0) is 31.6 Å². The number of guanidine groups is 1. The van der Waals surface area contributed by atoms with E-state index in [2.05, 4.69) is 15.6 Å². The molecule has 1 saturated carbocycles. The Kier molecular flexibility index (Phi) is 7.38. The molecule has 0 amide bonds. The summed E-state index contributed by atoms with van der Waals surface area (Å²) in [7, 11) is -3.58. The highest BCUT2D eigenvalue weighted by molar-refractivity contribution is 14.0. The smallest absolute Gasteiger partial charge is 0.356 e. The third-order valence-corrected chi connectivity index (χ3v) is 5.54. The molecule has 0 aromatic heterocycles. The fourth-order valence-electron chi connectivity index (χ4n) is 2.34. The highest BCUT2D eigenvalue weighted by Crippen LogP contribution is 2.29. The molecule has 0 aromatic carbocycles. The van der Waals surface area contributed by atoms with Crippen LogP contribution in [0.2, 0.25) is 0 Å². The predicted molar refractivity (Wildman–Crippen MR) is 92.2 cm³/mol. The van der Waals surface area contributed by atoms with Gasteiger partial charge in [0.15, 0.2) is 5.96 Å². The Bertz CT molecular complexity index is 515. The van der Waals surface area contributed by atoms with Crippen molar-refractivity contribution in [3.8, 4) is 0 Å². The van der Waals surface area contributed by atoms with Crippen LogP contribution in [0.3, 0.4) is 0 Å². The van der Waals surface area contributed by atoms with E-state index in [4.69, 9.17) is 0 Å². The number of aliphatic imine (C=N–C) groups is 1. The molecule has 11 heteroatoms. The first-order valence-corrected chi connectivity index (χ1v) is 8.71. The van der Waals surface area contributed by atoms with Crippen LogP contribution >= 0.6 is 24.0 Å². The zero-order chi connectivity index (χ0) is 16.4. The minimum Gasteiger partial charge on any atom is -0.356 e. The summed E-state index contributed by atoms with van der Waals surface area (Å²) in [5.41, 5.74) is -5.23. The first kappa shape index (κ1) is 20.7. The maximum atomic E-state index is 12.5. The normalized spacial score (nSPS) is 21.7. The topological polar surface area (TPSA) is 73.8 Å². The molecule has 1 saturated heterocycles. The van der Waals surface area contributed by atoms with Gasteiger partial charge in [-0.3, -0.25) is 4.99 Å². The molecule has 2 N–H and O–H groups in total. The van der Waals surface area contributed by atoms with Crippen molar-refractivity contribution in [2.45, 2.75) is 37.2 Å². The molecule has 1 heterocycles. The SMILES string of the molecule is CN=C(NCC1CC1)NC1CCN(S(=O)(=O)C(F)(F)F)CC1.I. The number of rotatable bonds is 4. The van der Waals surface area contributed by atoms with Gasteiger partial charge in [-0.2, -0.15) is 17.5 Å². The molecule has 136 valence electrons. The molecular formula is C12H22F3IN4O2S. The summed E-state index contributed by atoms with van der Waals surface area (Å²) in [5, 5.41) is 6.31. The van der Waals surface area contributed by atoms with E-state index < -0.39 is 15.5 Å². The Balaban J connectivity index is 0.00000264. The first-order chi connectivity index (χ1) is 10.2.